The zero-order valence-electron chi connectivity index (χ0n) is 11.5. The molecule has 1 unspecified atom stereocenters. The second kappa shape index (κ2) is 6.14. The van der Waals surface area contributed by atoms with E-state index in [0.29, 0.717) is 24.2 Å². The number of aromatic nitrogens is 2. The molecule has 0 aromatic carbocycles. The molecule has 106 valence electrons. The highest BCUT2D eigenvalue weighted by Gasteiger charge is 2.27. The predicted octanol–water partition coefficient (Wildman–Crippen LogP) is 1.71. The monoisotopic (exact) mass is 267 g/mol. The Morgan fingerprint density at radius 3 is 3.05 bits per heavy atom. The number of carbonyl (C=O) groups is 1. The molecule has 6 nitrogen and oxygen atoms in total. The van der Waals surface area contributed by atoms with Gasteiger partial charge in [0.25, 0.3) is 0 Å². The summed E-state index contributed by atoms with van der Waals surface area (Å²) in [7, 11) is 0. The molecule has 19 heavy (non-hydrogen) atoms. The number of hydrogen-bond donors (Lipinski definition) is 1. The predicted molar refractivity (Wildman–Crippen MR) is 68.5 cm³/mol. The van der Waals surface area contributed by atoms with Crippen LogP contribution in [0.1, 0.15) is 44.8 Å². The van der Waals surface area contributed by atoms with Gasteiger partial charge in [-0.15, -0.1) is 0 Å². The minimum atomic E-state index is -0.745. The van der Waals surface area contributed by atoms with Crippen LogP contribution in [0.3, 0.4) is 0 Å². The van der Waals surface area contributed by atoms with Crippen LogP contribution in [0, 0.1) is 5.92 Å². The second-order valence-electron chi connectivity index (χ2n) is 5.57. The van der Waals surface area contributed by atoms with Gasteiger partial charge in [0, 0.05) is 12.5 Å². The van der Waals surface area contributed by atoms with Crippen molar-refractivity contribution in [2.45, 2.75) is 52.1 Å². The molecule has 1 atom stereocenters. The van der Waals surface area contributed by atoms with Gasteiger partial charge in [-0.3, -0.25) is 9.69 Å². The summed E-state index contributed by atoms with van der Waals surface area (Å²) in [6, 6.07) is 0.101. The van der Waals surface area contributed by atoms with E-state index >= 15 is 0 Å². The van der Waals surface area contributed by atoms with E-state index in [4.69, 9.17) is 9.63 Å². The molecule has 0 amide bonds. The van der Waals surface area contributed by atoms with E-state index < -0.39 is 5.97 Å². The molecule has 0 radical (unpaired) electrons. The van der Waals surface area contributed by atoms with Crippen molar-refractivity contribution >= 4 is 5.97 Å². The minimum absolute atomic E-state index is 0.101. The first kappa shape index (κ1) is 14.0. The molecule has 2 heterocycles. The van der Waals surface area contributed by atoms with Gasteiger partial charge in [-0.25, -0.2) is 0 Å². The number of hydrogen-bond acceptors (Lipinski definition) is 5. The van der Waals surface area contributed by atoms with Crippen LogP contribution in [0.4, 0.5) is 0 Å². The second-order valence-corrected chi connectivity index (χ2v) is 5.57. The largest absolute Gasteiger partial charge is 0.481 e. The number of nitrogens with zero attached hydrogens (tertiary/aromatic N) is 3. The van der Waals surface area contributed by atoms with E-state index in [1.54, 1.807) is 0 Å². The third-order valence-corrected chi connectivity index (χ3v) is 3.35. The van der Waals surface area contributed by atoms with Crippen LogP contribution in [-0.4, -0.2) is 38.7 Å². The van der Waals surface area contributed by atoms with Gasteiger partial charge in [-0.1, -0.05) is 19.0 Å². The van der Waals surface area contributed by atoms with Crippen molar-refractivity contribution in [1.29, 1.82) is 0 Å². The maximum absolute atomic E-state index is 10.8. The highest BCUT2D eigenvalue weighted by molar-refractivity contribution is 5.67. The molecular formula is C13H21N3O3. The van der Waals surface area contributed by atoms with Gasteiger partial charge in [-0.2, -0.15) is 4.98 Å². The molecule has 0 aliphatic carbocycles. The summed E-state index contributed by atoms with van der Waals surface area (Å²) >= 11 is 0. The fourth-order valence-electron chi connectivity index (χ4n) is 2.50. The third kappa shape index (κ3) is 4.02. The molecule has 1 saturated heterocycles. The Balaban J connectivity index is 1.92. The number of carboxylic acid groups (broad SMARTS) is 1. The van der Waals surface area contributed by atoms with Gasteiger partial charge in [0.15, 0.2) is 5.82 Å². The molecule has 1 aromatic heterocycles. The van der Waals surface area contributed by atoms with E-state index in [2.05, 4.69) is 28.9 Å². The van der Waals surface area contributed by atoms with Crippen LogP contribution in [0.2, 0.25) is 0 Å². The zero-order valence-corrected chi connectivity index (χ0v) is 11.5. The van der Waals surface area contributed by atoms with Gasteiger partial charge in [0.2, 0.25) is 5.89 Å². The fourth-order valence-corrected chi connectivity index (χ4v) is 2.50. The van der Waals surface area contributed by atoms with Crippen LogP contribution in [-0.2, 0) is 17.8 Å². The van der Waals surface area contributed by atoms with Crippen LogP contribution >= 0.6 is 0 Å². The summed E-state index contributed by atoms with van der Waals surface area (Å²) in [6.45, 7) is 5.70. The molecule has 1 aliphatic rings. The van der Waals surface area contributed by atoms with Crippen molar-refractivity contribution in [3.63, 3.8) is 0 Å². The Morgan fingerprint density at radius 1 is 1.58 bits per heavy atom. The average molecular weight is 267 g/mol. The normalized spacial score (nSPS) is 20.3. The van der Waals surface area contributed by atoms with E-state index in [1.165, 1.54) is 0 Å². The van der Waals surface area contributed by atoms with Crippen molar-refractivity contribution in [3.8, 4) is 0 Å². The Kier molecular flexibility index (Phi) is 4.52. The SMILES string of the molecule is CC(C)Cc1nc(CN2CCCC2CC(=O)O)no1. The van der Waals surface area contributed by atoms with Crippen molar-refractivity contribution in [3.05, 3.63) is 11.7 Å². The van der Waals surface area contributed by atoms with Crippen molar-refractivity contribution in [1.82, 2.24) is 15.0 Å². The van der Waals surface area contributed by atoms with E-state index in [-0.39, 0.29) is 12.5 Å². The van der Waals surface area contributed by atoms with Gasteiger partial charge in [0.1, 0.15) is 0 Å². The summed E-state index contributed by atoms with van der Waals surface area (Å²) < 4.78 is 5.20. The Hall–Kier alpha value is -1.43. The first-order valence-corrected chi connectivity index (χ1v) is 6.82. The topological polar surface area (TPSA) is 79.5 Å². The quantitative estimate of drug-likeness (QED) is 0.845. The molecule has 1 aliphatic heterocycles. The molecule has 0 saturated carbocycles. The lowest BCUT2D eigenvalue weighted by Crippen LogP contribution is -2.31. The Morgan fingerprint density at radius 2 is 2.37 bits per heavy atom. The summed E-state index contributed by atoms with van der Waals surface area (Å²) in [6.07, 6.45) is 2.94. The number of likely N-dealkylation sites (tertiary alicyclic amines) is 1. The summed E-state index contributed by atoms with van der Waals surface area (Å²) in [5, 5.41) is 12.9. The zero-order chi connectivity index (χ0) is 13.8. The molecule has 2 rings (SSSR count). The first-order valence-electron chi connectivity index (χ1n) is 6.82. The van der Waals surface area contributed by atoms with Crippen molar-refractivity contribution in [2.24, 2.45) is 5.92 Å². The minimum Gasteiger partial charge on any atom is -0.481 e. The number of aliphatic carboxylic acids is 1. The van der Waals surface area contributed by atoms with Gasteiger partial charge in [-0.05, 0) is 25.3 Å². The molecule has 6 heteroatoms. The van der Waals surface area contributed by atoms with Crippen LogP contribution in [0.5, 0.6) is 0 Å². The van der Waals surface area contributed by atoms with E-state index in [1.807, 2.05) is 0 Å². The standard InChI is InChI=1S/C13H21N3O3/c1-9(2)6-12-14-11(15-19-12)8-16-5-3-4-10(16)7-13(17)18/h9-10H,3-8H2,1-2H3,(H,17,18). The average Bonchev–Trinajstić information content (AvgIpc) is 2.89. The van der Waals surface area contributed by atoms with Crippen LogP contribution < -0.4 is 0 Å². The maximum Gasteiger partial charge on any atom is 0.304 e. The molecular weight excluding hydrogens is 246 g/mol. The molecule has 1 N–H and O–H groups in total. The van der Waals surface area contributed by atoms with Crippen molar-refractivity contribution < 1.29 is 14.4 Å². The van der Waals surface area contributed by atoms with Crippen molar-refractivity contribution in [2.75, 3.05) is 6.54 Å². The van der Waals surface area contributed by atoms with E-state index in [9.17, 15) is 4.79 Å². The molecule has 0 bridgehead atoms. The Bertz CT molecular complexity index is 431. The first-order chi connectivity index (χ1) is 9.04. The fraction of sp³-hybridized carbons (Fsp3) is 0.769. The van der Waals surface area contributed by atoms with Gasteiger partial charge in [0.05, 0.1) is 13.0 Å². The van der Waals surface area contributed by atoms with E-state index in [0.717, 1.165) is 25.8 Å². The number of carboxylic acids is 1. The highest BCUT2D eigenvalue weighted by atomic mass is 16.5. The summed E-state index contributed by atoms with van der Waals surface area (Å²) in [4.78, 5) is 17.3. The molecule has 0 spiro atoms. The smallest absolute Gasteiger partial charge is 0.304 e. The summed E-state index contributed by atoms with van der Waals surface area (Å²) in [5.74, 6) is 1.07. The molecule has 1 aromatic rings. The number of rotatable bonds is 6. The Labute approximate surface area is 112 Å². The maximum atomic E-state index is 10.8. The third-order valence-electron chi connectivity index (χ3n) is 3.35. The lowest BCUT2D eigenvalue weighted by molar-refractivity contribution is -0.138. The summed E-state index contributed by atoms with van der Waals surface area (Å²) in [5.41, 5.74) is 0. The lowest BCUT2D eigenvalue weighted by Gasteiger charge is -2.21. The van der Waals surface area contributed by atoms with Crippen LogP contribution in [0.25, 0.3) is 0 Å². The van der Waals surface area contributed by atoms with Crippen LogP contribution in [0.15, 0.2) is 4.52 Å². The highest BCUT2D eigenvalue weighted by Crippen LogP contribution is 2.21. The van der Waals surface area contributed by atoms with Gasteiger partial charge < -0.3 is 9.63 Å². The molecule has 1 fully saturated rings. The lowest BCUT2D eigenvalue weighted by atomic mass is 10.1. The van der Waals surface area contributed by atoms with Gasteiger partial charge >= 0.3 is 5.97 Å².